The van der Waals surface area contributed by atoms with Crippen molar-refractivity contribution in [2.24, 2.45) is 0 Å². The number of benzene rings is 1. The largest absolute Gasteiger partial charge is 0.416 e. The van der Waals surface area contributed by atoms with Gasteiger partial charge in [-0.2, -0.15) is 18.4 Å². The number of ether oxygens (including phenoxy) is 1. The van der Waals surface area contributed by atoms with Crippen LogP contribution in [-0.4, -0.2) is 30.9 Å². The molecule has 0 saturated carbocycles. The fraction of sp³-hybridized carbons (Fsp3) is 0.500. The summed E-state index contributed by atoms with van der Waals surface area (Å²) in [7, 11) is 0. The molecular formula is C16H18F3N3OS. The van der Waals surface area contributed by atoms with Gasteiger partial charge in [-0.05, 0) is 43.3 Å². The van der Waals surface area contributed by atoms with Crippen LogP contribution in [0.2, 0.25) is 0 Å². The Bertz CT molecular complexity index is 609. The first-order chi connectivity index (χ1) is 11.4. The zero-order valence-corrected chi connectivity index (χ0v) is 13.8. The minimum absolute atomic E-state index is 0.0577. The molecule has 0 bridgehead atoms. The molecule has 1 aliphatic heterocycles. The SMILES string of the molecule is N#CCCN(C(=S)NC[C@H]1CCCO1)c1cccc(C(F)(F)F)c1. The molecule has 1 aromatic rings. The van der Waals surface area contributed by atoms with E-state index < -0.39 is 11.7 Å². The van der Waals surface area contributed by atoms with E-state index in [0.29, 0.717) is 24.0 Å². The van der Waals surface area contributed by atoms with Crippen LogP contribution in [0.15, 0.2) is 24.3 Å². The lowest BCUT2D eigenvalue weighted by Gasteiger charge is -2.26. The van der Waals surface area contributed by atoms with Gasteiger partial charge in [-0.15, -0.1) is 0 Å². The van der Waals surface area contributed by atoms with Gasteiger partial charge < -0.3 is 15.0 Å². The smallest absolute Gasteiger partial charge is 0.376 e. The van der Waals surface area contributed by atoms with E-state index in [1.54, 1.807) is 6.07 Å². The Kier molecular flexibility index (Phi) is 6.40. The summed E-state index contributed by atoms with van der Waals surface area (Å²) in [5.74, 6) is 0. The first-order valence-corrected chi connectivity index (χ1v) is 8.04. The number of hydrogen-bond acceptors (Lipinski definition) is 3. The van der Waals surface area contributed by atoms with E-state index in [9.17, 15) is 13.2 Å². The van der Waals surface area contributed by atoms with Crippen LogP contribution < -0.4 is 10.2 Å². The van der Waals surface area contributed by atoms with Crippen LogP contribution in [0.5, 0.6) is 0 Å². The Labute approximate surface area is 144 Å². The summed E-state index contributed by atoms with van der Waals surface area (Å²) in [5, 5.41) is 12.1. The van der Waals surface area contributed by atoms with E-state index in [2.05, 4.69) is 5.32 Å². The predicted molar refractivity (Wildman–Crippen MR) is 88.6 cm³/mol. The Morgan fingerprint density at radius 1 is 1.46 bits per heavy atom. The van der Waals surface area contributed by atoms with E-state index in [1.807, 2.05) is 6.07 Å². The summed E-state index contributed by atoms with van der Waals surface area (Å²) in [4.78, 5) is 1.52. The Hall–Kier alpha value is -1.85. The van der Waals surface area contributed by atoms with Crippen LogP contribution in [-0.2, 0) is 10.9 Å². The summed E-state index contributed by atoms with van der Waals surface area (Å²) >= 11 is 5.31. The number of anilines is 1. The number of rotatable bonds is 5. The highest BCUT2D eigenvalue weighted by Gasteiger charge is 2.31. The van der Waals surface area contributed by atoms with Crippen LogP contribution >= 0.6 is 12.2 Å². The summed E-state index contributed by atoms with van der Waals surface area (Å²) in [6, 6.07) is 6.92. The molecule has 1 aromatic carbocycles. The van der Waals surface area contributed by atoms with Crippen molar-refractivity contribution >= 4 is 23.0 Å². The van der Waals surface area contributed by atoms with Crippen molar-refractivity contribution in [2.75, 3.05) is 24.6 Å². The normalized spacial score (nSPS) is 17.3. The topological polar surface area (TPSA) is 48.3 Å². The van der Waals surface area contributed by atoms with E-state index >= 15 is 0 Å². The van der Waals surface area contributed by atoms with Crippen molar-refractivity contribution in [3.05, 3.63) is 29.8 Å². The third-order valence-electron chi connectivity index (χ3n) is 3.68. The first-order valence-electron chi connectivity index (χ1n) is 7.63. The Morgan fingerprint density at radius 2 is 2.25 bits per heavy atom. The average molecular weight is 357 g/mol. The Morgan fingerprint density at radius 3 is 2.88 bits per heavy atom. The van der Waals surface area contributed by atoms with E-state index in [1.165, 1.54) is 11.0 Å². The monoisotopic (exact) mass is 357 g/mol. The summed E-state index contributed by atoms with van der Waals surface area (Å²) in [5.41, 5.74) is -0.436. The summed E-state index contributed by atoms with van der Waals surface area (Å²) in [6.07, 6.45) is -2.30. The minimum atomic E-state index is -4.43. The maximum Gasteiger partial charge on any atom is 0.416 e. The highest BCUT2D eigenvalue weighted by molar-refractivity contribution is 7.80. The second kappa shape index (κ2) is 8.31. The van der Waals surface area contributed by atoms with E-state index in [0.717, 1.165) is 25.0 Å². The molecule has 0 radical (unpaired) electrons. The number of nitrogens with zero attached hydrogens (tertiary/aromatic N) is 2. The van der Waals surface area contributed by atoms with Gasteiger partial charge in [0.25, 0.3) is 0 Å². The Balaban J connectivity index is 2.11. The van der Waals surface area contributed by atoms with Crippen LogP contribution in [0.25, 0.3) is 0 Å². The number of alkyl halides is 3. The molecule has 1 aliphatic rings. The van der Waals surface area contributed by atoms with Crippen molar-refractivity contribution in [1.29, 1.82) is 5.26 Å². The molecule has 24 heavy (non-hydrogen) atoms. The summed E-state index contributed by atoms with van der Waals surface area (Å²) in [6.45, 7) is 1.43. The fourth-order valence-electron chi connectivity index (χ4n) is 2.46. The van der Waals surface area contributed by atoms with E-state index in [4.69, 9.17) is 22.2 Å². The van der Waals surface area contributed by atoms with Crippen LogP contribution in [0, 0.1) is 11.3 Å². The second-order valence-electron chi connectivity index (χ2n) is 5.43. The van der Waals surface area contributed by atoms with Crippen molar-refractivity contribution in [3.8, 4) is 6.07 Å². The van der Waals surface area contributed by atoms with Gasteiger partial charge in [-0.25, -0.2) is 0 Å². The molecule has 0 amide bonds. The molecule has 1 saturated heterocycles. The molecule has 0 aliphatic carbocycles. The molecule has 8 heteroatoms. The molecule has 2 rings (SSSR count). The highest BCUT2D eigenvalue weighted by atomic mass is 32.1. The molecular weight excluding hydrogens is 339 g/mol. The van der Waals surface area contributed by atoms with Crippen molar-refractivity contribution in [3.63, 3.8) is 0 Å². The molecule has 130 valence electrons. The number of hydrogen-bond donors (Lipinski definition) is 1. The lowest BCUT2D eigenvalue weighted by molar-refractivity contribution is -0.137. The standard InChI is InChI=1S/C16H18F3N3OS/c17-16(18,19)12-4-1-5-13(10-12)22(8-3-7-20)15(24)21-11-14-6-2-9-23-14/h1,4-5,10,14H,2-3,6,8-9,11H2,(H,21,24)/t14-/m1/s1. The van der Waals surface area contributed by atoms with Gasteiger partial charge in [-0.3, -0.25) is 0 Å². The summed E-state index contributed by atoms with van der Waals surface area (Å²) < 4.78 is 44.2. The van der Waals surface area contributed by atoms with Gasteiger partial charge in [0.15, 0.2) is 5.11 Å². The zero-order valence-electron chi connectivity index (χ0n) is 13.0. The van der Waals surface area contributed by atoms with Crippen molar-refractivity contribution < 1.29 is 17.9 Å². The molecule has 0 aromatic heterocycles. The van der Waals surface area contributed by atoms with E-state index in [-0.39, 0.29) is 19.1 Å². The van der Waals surface area contributed by atoms with Gasteiger partial charge in [0.1, 0.15) is 0 Å². The number of thiocarbonyl (C=S) groups is 1. The van der Waals surface area contributed by atoms with Crippen molar-refractivity contribution in [2.45, 2.75) is 31.5 Å². The van der Waals surface area contributed by atoms with Gasteiger partial charge in [0.2, 0.25) is 0 Å². The van der Waals surface area contributed by atoms with Crippen LogP contribution in [0.4, 0.5) is 18.9 Å². The van der Waals surface area contributed by atoms with Crippen molar-refractivity contribution in [1.82, 2.24) is 5.32 Å². The van der Waals surface area contributed by atoms with Crippen LogP contribution in [0.3, 0.4) is 0 Å². The molecule has 1 atom stereocenters. The third-order valence-corrected chi connectivity index (χ3v) is 4.05. The fourth-order valence-corrected chi connectivity index (χ4v) is 2.74. The molecule has 1 N–H and O–H groups in total. The predicted octanol–water partition coefficient (Wildman–Crippen LogP) is 3.48. The zero-order chi connectivity index (χ0) is 17.6. The average Bonchev–Trinajstić information content (AvgIpc) is 3.06. The molecule has 0 unspecified atom stereocenters. The molecule has 0 spiro atoms. The number of nitriles is 1. The lowest BCUT2D eigenvalue weighted by Crippen LogP contribution is -2.43. The number of nitrogens with one attached hydrogen (secondary N) is 1. The maximum atomic E-state index is 12.9. The van der Waals surface area contributed by atoms with Crippen LogP contribution in [0.1, 0.15) is 24.8 Å². The van der Waals surface area contributed by atoms with Gasteiger partial charge in [0.05, 0.1) is 24.2 Å². The highest BCUT2D eigenvalue weighted by Crippen LogP contribution is 2.31. The minimum Gasteiger partial charge on any atom is -0.376 e. The lowest BCUT2D eigenvalue weighted by atomic mass is 10.2. The van der Waals surface area contributed by atoms with Gasteiger partial charge >= 0.3 is 6.18 Å². The number of halogens is 3. The molecule has 1 fully saturated rings. The van der Waals surface area contributed by atoms with Gasteiger partial charge in [0, 0.05) is 25.4 Å². The molecule has 4 nitrogen and oxygen atoms in total. The second-order valence-corrected chi connectivity index (χ2v) is 5.82. The first kappa shape index (κ1) is 18.5. The molecule has 1 heterocycles. The maximum absolute atomic E-state index is 12.9. The third kappa shape index (κ3) is 5.08. The quantitative estimate of drug-likeness (QED) is 0.818. The van der Waals surface area contributed by atoms with Gasteiger partial charge in [-0.1, -0.05) is 6.07 Å².